The van der Waals surface area contributed by atoms with Crippen LogP contribution in [0, 0.1) is 6.92 Å². The first-order valence-corrected chi connectivity index (χ1v) is 5.94. The van der Waals surface area contributed by atoms with Crippen LogP contribution in [0.1, 0.15) is 22.3 Å². The molecule has 1 rings (SSSR count). The normalized spacial score (nSPS) is 10.7. The molecule has 5 nitrogen and oxygen atoms in total. The lowest BCUT2D eigenvalue weighted by molar-refractivity contribution is 0.0953. The van der Waals surface area contributed by atoms with Gasteiger partial charge in [0.25, 0.3) is 5.91 Å². The Morgan fingerprint density at radius 3 is 2.72 bits per heavy atom. The Kier molecular flexibility index (Phi) is 4.97. The van der Waals surface area contributed by atoms with Crippen LogP contribution in [0.15, 0.2) is 12.1 Å². The van der Waals surface area contributed by atoms with Crippen LogP contribution in [0.3, 0.4) is 0 Å². The van der Waals surface area contributed by atoms with Crippen LogP contribution in [0.4, 0.5) is 5.69 Å². The summed E-state index contributed by atoms with van der Waals surface area (Å²) in [6.45, 7) is 3.24. The molecule has 0 radical (unpaired) electrons. The molecule has 1 aromatic rings. The first-order valence-electron chi connectivity index (χ1n) is 5.94. The SMILES string of the molecule is Cc1ccc(C(=O)NCCCN(C)C)c(N)c1O. The molecule has 4 N–H and O–H groups in total. The Balaban J connectivity index is 2.60. The molecule has 0 saturated heterocycles. The van der Waals surface area contributed by atoms with Crippen molar-refractivity contribution in [2.24, 2.45) is 0 Å². The lowest BCUT2D eigenvalue weighted by atomic mass is 10.1. The van der Waals surface area contributed by atoms with E-state index in [1.165, 1.54) is 0 Å². The summed E-state index contributed by atoms with van der Waals surface area (Å²) in [7, 11) is 3.97. The number of nitrogens with two attached hydrogens (primary N) is 1. The van der Waals surface area contributed by atoms with Gasteiger partial charge in [-0.15, -0.1) is 0 Å². The summed E-state index contributed by atoms with van der Waals surface area (Å²) < 4.78 is 0. The molecule has 0 aliphatic carbocycles. The highest BCUT2D eigenvalue weighted by atomic mass is 16.3. The molecule has 18 heavy (non-hydrogen) atoms. The van der Waals surface area contributed by atoms with Crippen molar-refractivity contribution in [3.8, 4) is 5.75 Å². The fraction of sp³-hybridized carbons (Fsp3) is 0.462. The number of carbonyl (C=O) groups is 1. The van der Waals surface area contributed by atoms with E-state index in [-0.39, 0.29) is 17.3 Å². The first-order chi connectivity index (χ1) is 8.43. The maximum absolute atomic E-state index is 11.9. The first kappa shape index (κ1) is 14.3. The zero-order valence-electron chi connectivity index (χ0n) is 11.2. The molecule has 0 fully saturated rings. The number of aryl methyl sites for hydroxylation is 1. The van der Waals surface area contributed by atoms with Crippen LogP contribution in [0.5, 0.6) is 5.75 Å². The Morgan fingerprint density at radius 1 is 1.44 bits per heavy atom. The highest BCUT2D eigenvalue weighted by Gasteiger charge is 2.13. The van der Waals surface area contributed by atoms with Crippen LogP contribution in [-0.2, 0) is 0 Å². The standard InChI is InChI=1S/C13H21N3O2/c1-9-5-6-10(11(14)12(9)17)13(18)15-7-4-8-16(2)3/h5-6,17H,4,7-8,14H2,1-3H3,(H,15,18). The number of benzene rings is 1. The van der Waals surface area contributed by atoms with E-state index in [9.17, 15) is 9.90 Å². The molecule has 0 bridgehead atoms. The molecule has 1 amide bonds. The molecule has 0 atom stereocenters. The van der Waals surface area contributed by atoms with Crippen molar-refractivity contribution in [1.82, 2.24) is 10.2 Å². The molecule has 0 spiro atoms. The minimum atomic E-state index is -0.249. The van der Waals surface area contributed by atoms with E-state index in [4.69, 9.17) is 5.73 Å². The third-order valence-electron chi connectivity index (χ3n) is 2.73. The molecule has 0 saturated carbocycles. The summed E-state index contributed by atoms with van der Waals surface area (Å²) >= 11 is 0. The molecule has 0 unspecified atom stereocenters. The second-order valence-corrected chi connectivity index (χ2v) is 4.61. The highest BCUT2D eigenvalue weighted by molar-refractivity contribution is 6.00. The van der Waals surface area contributed by atoms with Gasteiger partial charge in [-0.05, 0) is 45.6 Å². The topological polar surface area (TPSA) is 78.6 Å². The van der Waals surface area contributed by atoms with E-state index in [1.54, 1.807) is 19.1 Å². The second kappa shape index (κ2) is 6.26. The highest BCUT2D eigenvalue weighted by Crippen LogP contribution is 2.27. The van der Waals surface area contributed by atoms with Gasteiger partial charge in [-0.3, -0.25) is 4.79 Å². The summed E-state index contributed by atoms with van der Waals surface area (Å²) in [6, 6.07) is 3.31. The Morgan fingerprint density at radius 2 is 2.11 bits per heavy atom. The van der Waals surface area contributed by atoms with E-state index in [0.29, 0.717) is 17.7 Å². The average molecular weight is 251 g/mol. The number of amides is 1. The Labute approximate surface area is 108 Å². The fourth-order valence-corrected chi connectivity index (χ4v) is 1.61. The van der Waals surface area contributed by atoms with Gasteiger partial charge in [-0.2, -0.15) is 0 Å². The monoisotopic (exact) mass is 251 g/mol. The van der Waals surface area contributed by atoms with Crippen LogP contribution in [-0.4, -0.2) is 43.1 Å². The van der Waals surface area contributed by atoms with Crippen LogP contribution in [0.25, 0.3) is 0 Å². The number of carbonyl (C=O) groups excluding carboxylic acids is 1. The summed E-state index contributed by atoms with van der Waals surface area (Å²) in [5, 5.41) is 12.5. The van der Waals surface area contributed by atoms with Gasteiger partial charge >= 0.3 is 0 Å². The largest absolute Gasteiger partial charge is 0.505 e. The van der Waals surface area contributed by atoms with Crippen molar-refractivity contribution < 1.29 is 9.90 Å². The van der Waals surface area contributed by atoms with Gasteiger partial charge in [0.15, 0.2) is 0 Å². The number of hydrogen-bond donors (Lipinski definition) is 3. The van der Waals surface area contributed by atoms with E-state index in [0.717, 1.165) is 13.0 Å². The van der Waals surface area contributed by atoms with Gasteiger partial charge in [-0.1, -0.05) is 6.07 Å². The van der Waals surface area contributed by atoms with Crippen LogP contribution < -0.4 is 11.1 Å². The smallest absolute Gasteiger partial charge is 0.253 e. The second-order valence-electron chi connectivity index (χ2n) is 4.61. The molecule has 0 aliphatic rings. The van der Waals surface area contributed by atoms with Gasteiger partial charge in [0.2, 0.25) is 0 Å². The maximum Gasteiger partial charge on any atom is 0.253 e. The van der Waals surface area contributed by atoms with Crippen molar-refractivity contribution in [2.45, 2.75) is 13.3 Å². The summed E-state index contributed by atoms with van der Waals surface area (Å²) in [6.07, 6.45) is 0.872. The average Bonchev–Trinajstić information content (AvgIpc) is 2.31. The van der Waals surface area contributed by atoms with Crippen molar-refractivity contribution in [2.75, 3.05) is 32.9 Å². The molecule has 1 aromatic carbocycles. The number of nitrogens with zero attached hydrogens (tertiary/aromatic N) is 1. The quantitative estimate of drug-likeness (QED) is 0.414. The number of rotatable bonds is 5. The number of hydrogen-bond acceptors (Lipinski definition) is 4. The lowest BCUT2D eigenvalue weighted by Crippen LogP contribution is -2.27. The fourth-order valence-electron chi connectivity index (χ4n) is 1.61. The predicted octanol–water partition coefficient (Wildman–Crippen LogP) is 0.964. The molecular formula is C13H21N3O2. The number of anilines is 1. The molecule has 0 heterocycles. The summed E-state index contributed by atoms with van der Waals surface area (Å²) in [5.41, 5.74) is 6.84. The van der Waals surface area contributed by atoms with Gasteiger partial charge < -0.3 is 21.1 Å². The van der Waals surface area contributed by atoms with Crippen LogP contribution in [0.2, 0.25) is 0 Å². The number of aromatic hydroxyl groups is 1. The van der Waals surface area contributed by atoms with Gasteiger partial charge in [-0.25, -0.2) is 0 Å². The summed E-state index contributed by atoms with van der Waals surface area (Å²) in [4.78, 5) is 13.9. The Hall–Kier alpha value is -1.75. The van der Waals surface area contributed by atoms with Crippen LogP contribution >= 0.6 is 0 Å². The zero-order chi connectivity index (χ0) is 13.7. The van der Waals surface area contributed by atoms with Gasteiger partial charge in [0, 0.05) is 6.54 Å². The van der Waals surface area contributed by atoms with Crippen molar-refractivity contribution in [1.29, 1.82) is 0 Å². The molecule has 5 heteroatoms. The number of phenols is 1. The zero-order valence-corrected chi connectivity index (χ0v) is 11.2. The van der Waals surface area contributed by atoms with Gasteiger partial charge in [0.1, 0.15) is 5.75 Å². The van der Waals surface area contributed by atoms with Crippen molar-refractivity contribution in [3.05, 3.63) is 23.3 Å². The number of phenolic OH excluding ortho intramolecular Hbond substituents is 1. The van der Waals surface area contributed by atoms with Gasteiger partial charge in [0.05, 0.1) is 11.3 Å². The minimum Gasteiger partial charge on any atom is -0.505 e. The maximum atomic E-state index is 11.9. The Bertz CT molecular complexity index is 430. The molecule has 0 aliphatic heterocycles. The number of nitrogen functional groups attached to an aromatic ring is 1. The molecule has 100 valence electrons. The van der Waals surface area contributed by atoms with E-state index >= 15 is 0 Å². The third-order valence-corrected chi connectivity index (χ3v) is 2.73. The van der Waals surface area contributed by atoms with Crippen molar-refractivity contribution in [3.63, 3.8) is 0 Å². The minimum absolute atomic E-state index is 0.0176. The van der Waals surface area contributed by atoms with E-state index in [1.807, 2.05) is 14.1 Å². The summed E-state index contributed by atoms with van der Waals surface area (Å²) in [5.74, 6) is -0.266. The van der Waals surface area contributed by atoms with E-state index in [2.05, 4.69) is 10.2 Å². The number of nitrogens with one attached hydrogen (secondary N) is 1. The third kappa shape index (κ3) is 3.63. The predicted molar refractivity (Wildman–Crippen MR) is 72.8 cm³/mol. The molecular weight excluding hydrogens is 230 g/mol. The lowest BCUT2D eigenvalue weighted by Gasteiger charge is -2.12. The van der Waals surface area contributed by atoms with Crippen molar-refractivity contribution >= 4 is 11.6 Å². The van der Waals surface area contributed by atoms with E-state index < -0.39 is 0 Å². The molecule has 0 aromatic heterocycles.